The first-order chi connectivity index (χ1) is 10.4. The minimum atomic E-state index is -3.25. The van der Waals surface area contributed by atoms with Gasteiger partial charge in [-0.1, -0.05) is 6.42 Å². The fourth-order valence-electron chi connectivity index (χ4n) is 2.89. The van der Waals surface area contributed by atoms with E-state index in [1.807, 2.05) is 13.0 Å². The largest absolute Gasteiger partial charge is 0.343 e. The van der Waals surface area contributed by atoms with E-state index < -0.39 is 10.0 Å². The molecule has 0 spiro atoms. The maximum absolute atomic E-state index is 12.0. The SMILES string of the molecule is Cc1nc(-c2ncc[nH]2)cc([C@H]2CCCCN2S(C)(=O)=O)n1. The van der Waals surface area contributed by atoms with Crippen molar-refractivity contribution in [3.05, 3.63) is 30.0 Å². The Bertz CT molecular complexity index is 758. The summed E-state index contributed by atoms with van der Waals surface area (Å²) in [5.41, 5.74) is 1.43. The number of aromatic amines is 1. The highest BCUT2D eigenvalue weighted by Gasteiger charge is 2.32. The van der Waals surface area contributed by atoms with Gasteiger partial charge in [0.1, 0.15) is 11.5 Å². The standard InChI is InChI=1S/C14H19N5O2S/c1-10-17-11(9-12(18-10)14-15-6-7-16-14)13-5-3-4-8-19(13)22(2,20)21/h6-7,9,13H,3-5,8H2,1-2H3,(H,15,16)/t13-/m1/s1. The normalized spacial score (nSPS) is 20.2. The second-order valence-electron chi connectivity index (χ2n) is 5.55. The Morgan fingerprint density at radius 1 is 1.32 bits per heavy atom. The molecule has 2 aromatic heterocycles. The predicted octanol–water partition coefficient (Wildman–Crippen LogP) is 1.66. The van der Waals surface area contributed by atoms with E-state index in [1.54, 1.807) is 16.7 Å². The summed E-state index contributed by atoms with van der Waals surface area (Å²) in [6.45, 7) is 2.35. The second kappa shape index (κ2) is 5.77. The number of nitrogens with zero attached hydrogens (tertiary/aromatic N) is 4. The van der Waals surface area contributed by atoms with Gasteiger partial charge >= 0.3 is 0 Å². The first-order valence-corrected chi connectivity index (χ1v) is 9.12. The van der Waals surface area contributed by atoms with Crippen LogP contribution in [-0.4, -0.2) is 45.5 Å². The lowest BCUT2D eigenvalue weighted by atomic mass is 10.0. The molecule has 0 amide bonds. The first-order valence-electron chi connectivity index (χ1n) is 7.27. The summed E-state index contributed by atoms with van der Waals surface area (Å²) in [4.78, 5) is 16.1. The van der Waals surface area contributed by atoms with Gasteiger partial charge in [0.15, 0.2) is 5.82 Å². The van der Waals surface area contributed by atoms with E-state index in [4.69, 9.17) is 0 Å². The smallest absolute Gasteiger partial charge is 0.211 e. The number of aryl methyl sites for hydroxylation is 1. The lowest BCUT2D eigenvalue weighted by Gasteiger charge is -2.33. The van der Waals surface area contributed by atoms with Crippen LogP contribution in [0.4, 0.5) is 0 Å². The van der Waals surface area contributed by atoms with Crippen molar-refractivity contribution in [3.8, 4) is 11.5 Å². The number of piperidine rings is 1. The number of H-pyrrole nitrogens is 1. The molecule has 1 saturated heterocycles. The van der Waals surface area contributed by atoms with Gasteiger partial charge in [0.2, 0.25) is 10.0 Å². The zero-order valence-corrected chi connectivity index (χ0v) is 13.5. The van der Waals surface area contributed by atoms with Crippen LogP contribution in [0.3, 0.4) is 0 Å². The number of imidazole rings is 1. The molecule has 1 fully saturated rings. The van der Waals surface area contributed by atoms with E-state index in [1.165, 1.54) is 6.26 Å². The average Bonchev–Trinajstić information content (AvgIpc) is 3.00. The molecule has 0 unspecified atom stereocenters. The molecule has 1 aliphatic rings. The first kappa shape index (κ1) is 15.1. The number of rotatable bonds is 3. The van der Waals surface area contributed by atoms with Crippen LogP contribution in [0.25, 0.3) is 11.5 Å². The molecular weight excluding hydrogens is 302 g/mol. The van der Waals surface area contributed by atoms with Crippen molar-refractivity contribution < 1.29 is 8.42 Å². The van der Waals surface area contributed by atoms with E-state index in [9.17, 15) is 8.42 Å². The summed E-state index contributed by atoms with van der Waals surface area (Å²) in [5, 5.41) is 0. The summed E-state index contributed by atoms with van der Waals surface area (Å²) >= 11 is 0. The third-order valence-corrected chi connectivity index (χ3v) is 5.11. The third kappa shape index (κ3) is 3.02. The second-order valence-corrected chi connectivity index (χ2v) is 7.48. The van der Waals surface area contributed by atoms with E-state index in [-0.39, 0.29) is 6.04 Å². The zero-order chi connectivity index (χ0) is 15.7. The third-order valence-electron chi connectivity index (χ3n) is 3.82. The highest BCUT2D eigenvalue weighted by molar-refractivity contribution is 7.88. The van der Waals surface area contributed by atoms with Gasteiger partial charge in [-0.25, -0.2) is 23.4 Å². The van der Waals surface area contributed by atoms with E-state index in [2.05, 4.69) is 19.9 Å². The Morgan fingerprint density at radius 2 is 2.14 bits per heavy atom. The van der Waals surface area contributed by atoms with Crippen molar-refractivity contribution in [2.75, 3.05) is 12.8 Å². The van der Waals surface area contributed by atoms with Gasteiger partial charge in [-0.05, 0) is 25.8 Å². The average molecular weight is 321 g/mol. The fraction of sp³-hybridized carbons (Fsp3) is 0.500. The summed E-state index contributed by atoms with van der Waals surface area (Å²) in [5.74, 6) is 1.27. The highest BCUT2D eigenvalue weighted by Crippen LogP contribution is 2.32. The quantitative estimate of drug-likeness (QED) is 0.928. The Morgan fingerprint density at radius 3 is 2.82 bits per heavy atom. The molecule has 0 bridgehead atoms. The van der Waals surface area contributed by atoms with Crippen molar-refractivity contribution in [1.29, 1.82) is 0 Å². The molecule has 1 aliphatic heterocycles. The van der Waals surface area contributed by atoms with Crippen LogP contribution in [0.5, 0.6) is 0 Å². The topological polar surface area (TPSA) is 91.8 Å². The van der Waals surface area contributed by atoms with Crippen LogP contribution in [0.2, 0.25) is 0 Å². The molecule has 1 N–H and O–H groups in total. The monoisotopic (exact) mass is 321 g/mol. The minimum Gasteiger partial charge on any atom is -0.343 e. The van der Waals surface area contributed by atoms with Crippen LogP contribution in [0.15, 0.2) is 18.5 Å². The van der Waals surface area contributed by atoms with Gasteiger partial charge in [-0.2, -0.15) is 4.31 Å². The molecule has 1 atom stereocenters. The van der Waals surface area contributed by atoms with Gasteiger partial charge in [0.05, 0.1) is 18.0 Å². The molecule has 0 aromatic carbocycles. The van der Waals surface area contributed by atoms with E-state index >= 15 is 0 Å². The highest BCUT2D eigenvalue weighted by atomic mass is 32.2. The number of sulfonamides is 1. The Balaban J connectivity index is 2.03. The van der Waals surface area contributed by atoms with Crippen LogP contribution < -0.4 is 0 Å². The molecular formula is C14H19N5O2S. The summed E-state index contributed by atoms with van der Waals surface area (Å²) < 4.78 is 25.6. The van der Waals surface area contributed by atoms with E-state index in [0.29, 0.717) is 23.9 Å². The van der Waals surface area contributed by atoms with Gasteiger partial charge in [0.25, 0.3) is 0 Å². The molecule has 0 saturated carbocycles. The van der Waals surface area contributed by atoms with Crippen LogP contribution in [0.1, 0.15) is 36.8 Å². The molecule has 3 rings (SSSR count). The van der Waals surface area contributed by atoms with Crippen LogP contribution in [-0.2, 0) is 10.0 Å². The molecule has 0 aliphatic carbocycles. The van der Waals surface area contributed by atoms with Crippen LogP contribution >= 0.6 is 0 Å². The fourth-order valence-corrected chi connectivity index (χ4v) is 4.02. The van der Waals surface area contributed by atoms with Crippen molar-refractivity contribution in [1.82, 2.24) is 24.2 Å². The van der Waals surface area contributed by atoms with Gasteiger partial charge in [0, 0.05) is 18.9 Å². The lowest BCUT2D eigenvalue weighted by molar-refractivity contribution is 0.252. The van der Waals surface area contributed by atoms with Crippen LogP contribution in [0, 0.1) is 6.92 Å². The Labute approximate surface area is 129 Å². The number of aromatic nitrogens is 4. The Hall–Kier alpha value is -1.80. The van der Waals surface area contributed by atoms with Crippen molar-refractivity contribution in [2.24, 2.45) is 0 Å². The van der Waals surface area contributed by atoms with Crippen molar-refractivity contribution in [2.45, 2.75) is 32.2 Å². The summed E-state index contributed by atoms with van der Waals surface area (Å²) in [7, 11) is -3.25. The molecule has 118 valence electrons. The predicted molar refractivity (Wildman–Crippen MR) is 82.5 cm³/mol. The number of nitrogens with one attached hydrogen (secondary N) is 1. The van der Waals surface area contributed by atoms with Gasteiger partial charge in [-0.3, -0.25) is 0 Å². The number of hydrogen-bond donors (Lipinski definition) is 1. The Kier molecular flexibility index (Phi) is 3.96. The maximum Gasteiger partial charge on any atom is 0.211 e. The van der Waals surface area contributed by atoms with Gasteiger partial charge in [-0.15, -0.1) is 0 Å². The summed E-state index contributed by atoms with van der Waals surface area (Å²) in [6.07, 6.45) is 7.31. The zero-order valence-electron chi connectivity index (χ0n) is 12.7. The van der Waals surface area contributed by atoms with Gasteiger partial charge < -0.3 is 4.98 Å². The van der Waals surface area contributed by atoms with E-state index in [0.717, 1.165) is 25.0 Å². The molecule has 22 heavy (non-hydrogen) atoms. The molecule has 3 heterocycles. The van der Waals surface area contributed by atoms with Crippen molar-refractivity contribution in [3.63, 3.8) is 0 Å². The molecule has 0 radical (unpaired) electrons. The lowest BCUT2D eigenvalue weighted by Crippen LogP contribution is -2.38. The molecule has 8 heteroatoms. The maximum atomic E-state index is 12.0. The molecule has 2 aromatic rings. The summed E-state index contributed by atoms with van der Waals surface area (Å²) in [6, 6.07) is 1.61. The number of hydrogen-bond acceptors (Lipinski definition) is 5. The van der Waals surface area contributed by atoms with Crippen molar-refractivity contribution >= 4 is 10.0 Å². The molecule has 7 nitrogen and oxygen atoms in total. The minimum absolute atomic E-state index is 0.223.